The molecule has 1 aromatic carbocycles. The number of imidazole rings is 1. The summed E-state index contributed by atoms with van der Waals surface area (Å²) >= 11 is 0. The predicted octanol–water partition coefficient (Wildman–Crippen LogP) is 2.42. The minimum atomic E-state index is -0.116. The number of rotatable bonds is 4. The Labute approximate surface area is 106 Å². The van der Waals surface area contributed by atoms with Crippen LogP contribution in [0.2, 0.25) is 0 Å². The summed E-state index contributed by atoms with van der Waals surface area (Å²) in [7, 11) is 0. The second-order valence-corrected chi connectivity index (χ2v) is 4.28. The van der Waals surface area contributed by atoms with Gasteiger partial charge in [0.25, 0.3) is 0 Å². The maximum absolute atomic E-state index is 11.1. The summed E-state index contributed by atoms with van der Waals surface area (Å²) in [5.74, 6) is 0.797. The van der Waals surface area contributed by atoms with E-state index in [4.69, 9.17) is 0 Å². The van der Waals surface area contributed by atoms with Crippen LogP contribution in [0.3, 0.4) is 0 Å². The Morgan fingerprint density at radius 2 is 2.28 bits per heavy atom. The predicted molar refractivity (Wildman–Crippen MR) is 72.2 cm³/mol. The molecule has 94 valence electrons. The van der Waals surface area contributed by atoms with E-state index in [1.807, 2.05) is 37.3 Å². The zero-order chi connectivity index (χ0) is 13.1. The topological polar surface area (TPSA) is 46.9 Å². The van der Waals surface area contributed by atoms with Crippen LogP contribution in [0.15, 0.2) is 36.9 Å². The van der Waals surface area contributed by atoms with E-state index in [9.17, 15) is 4.79 Å². The van der Waals surface area contributed by atoms with E-state index in [-0.39, 0.29) is 11.9 Å². The SMILES string of the molecule is C=CCn1c([C@@H](C)NC(C)=O)nc2ccccc21. The molecule has 0 aliphatic heterocycles. The average Bonchev–Trinajstić information content (AvgIpc) is 2.68. The molecule has 0 bridgehead atoms. The average molecular weight is 243 g/mol. The van der Waals surface area contributed by atoms with Crippen molar-refractivity contribution in [3.63, 3.8) is 0 Å². The van der Waals surface area contributed by atoms with E-state index in [0.717, 1.165) is 16.9 Å². The summed E-state index contributed by atoms with van der Waals surface area (Å²) in [5, 5.41) is 2.86. The van der Waals surface area contributed by atoms with Gasteiger partial charge >= 0.3 is 0 Å². The fraction of sp³-hybridized carbons (Fsp3) is 0.286. The summed E-state index contributed by atoms with van der Waals surface area (Å²) in [6, 6.07) is 7.82. The van der Waals surface area contributed by atoms with E-state index in [0.29, 0.717) is 6.54 Å². The molecule has 1 amide bonds. The highest BCUT2D eigenvalue weighted by atomic mass is 16.1. The van der Waals surface area contributed by atoms with E-state index in [1.165, 1.54) is 6.92 Å². The van der Waals surface area contributed by atoms with E-state index >= 15 is 0 Å². The molecule has 1 heterocycles. The Bertz CT molecular complexity index is 586. The van der Waals surface area contributed by atoms with Crippen molar-refractivity contribution in [3.05, 3.63) is 42.7 Å². The fourth-order valence-electron chi connectivity index (χ4n) is 2.12. The Hall–Kier alpha value is -2.10. The number of hydrogen-bond acceptors (Lipinski definition) is 2. The van der Waals surface area contributed by atoms with Gasteiger partial charge in [0.15, 0.2) is 0 Å². The van der Waals surface area contributed by atoms with Crippen molar-refractivity contribution in [3.8, 4) is 0 Å². The molecule has 0 saturated carbocycles. The first kappa shape index (κ1) is 12.4. The lowest BCUT2D eigenvalue weighted by atomic mass is 10.3. The van der Waals surface area contributed by atoms with Crippen LogP contribution in [0.4, 0.5) is 0 Å². The van der Waals surface area contributed by atoms with Crippen LogP contribution >= 0.6 is 0 Å². The van der Waals surface area contributed by atoms with Crippen LogP contribution in [0.25, 0.3) is 11.0 Å². The zero-order valence-electron chi connectivity index (χ0n) is 10.7. The van der Waals surface area contributed by atoms with E-state index in [2.05, 4.69) is 21.4 Å². The van der Waals surface area contributed by atoms with Crippen molar-refractivity contribution in [1.29, 1.82) is 0 Å². The third-order valence-electron chi connectivity index (χ3n) is 2.80. The molecular weight excluding hydrogens is 226 g/mol. The third-order valence-corrected chi connectivity index (χ3v) is 2.80. The number of nitrogens with zero attached hydrogens (tertiary/aromatic N) is 2. The lowest BCUT2D eigenvalue weighted by molar-refractivity contribution is -0.119. The molecule has 2 aromatic rings. The first-order valence-corrected chi connectivity index (χ1v) is 5.96. The molecule has 0 unspecified atom stereocenters. The van der Waals surface area contributed by atoms with Crippen LogP contribution in [0.5, 0.6) is 0 Å². The van der Waals surface area contributed by atoms with Crippen molar-refractivity contribution in [2.45, 2.75) is 26.4 Å². The molecule has 0 fully saturated rings. The molecular formula is C14H17N3O. The maximum Gasteiger partial charge on any atom is 0.217 e. The molecule has 4 heteroatoms. The summed E-state index contributed by atoms with van der Waals surface area (Å²) in [5.41, 5.74) is 2.00. The van der Waals surface area contributed by atoms with E-state index in [1.54, 1.807) is 0 Å². The molecule has 0 radical (unpaired) electrons. The first-order valence-electron chi connectivity index (χ1n) is 5.96. The van der Waals surface area contributed by atoms with Crippen molar-refractivity contribution in [2.75, 3.05) is 0 Å². The van der Waals surface area contributed by atoms with Crippen LogP contribution in [-0.2, 0) is 11.3 Å². The van der Waals surface area contributed by atoms with Gasteiger partial charge < -0.3 is 9.88 Å². The van der Waals surface area contributed by atoms with Gasteiger partial charge in [0.2, 0.25) is 5.91 Å². The Kier molecular flexibility index (Phi) is 3.46. The smallest absolute Gasteiger partial charge is 0.217 e. The molecule has 4 nitrogen and oxygen atoms in total. The highest BCUT2D eigenvalue weighted by molar-refractivity contribution is 5.77. The van der Waals surface area contributed by atoms with Gasteiger partial charge in [-0.1, -0.05) is 18.2 Å². The molecule has 0 aliphatic carbocycles. The summed E-state index contributed by atoms with van der Waals surface area (Å²) < 4.78 is 2.07. The number of amides is 1. The standard InChI is InChI=1S/C14H17N3O/c1-4-9-17-13-8-6-5-7-12(13)16-14(17)10(2)15-11(3)18/h4-8,10H,1,9H2,2-3H3,(H,15,18)/t10-/m1/s1. The Morgan fingerprint density at radius 1 is 1.56 bits per heavy atom. The van der Waals surface area contributed by atoms with Gasteiger partial charge in [-0.2, -0.15) is 0 Å². The summed E-state index contributed by atoms with van der Waals surface area (Å²) in [6.07, 6.45) is 1.83. The number of carbonyl (C=O) groups excluding carboxylic acids is 1. The molecule has 0 aliphatic rings. The number of nitrogens with one attached hydrogen (secondary N) is 1. The monoisotopic (exact) mass is 243 g/mol. The normalized spacial score (nSPS) is 12.3. The number of benzene rings is 1. The van der Waals surface area contributed by atoms with Crippen LogP contribution in [0.1, 0.15) is 25.7 Å². The van der Waals surface area contributed by atoms with E-state index < -0.39 is 0 Å². The first-order chi connectivity index (χ1) is 8.63. The second-order valence-electron chi connectivity index (χ2n) is 4.28. The molecule has 1 aromatic heterocycles. The maximum atomic E-state index is 11.1. The number of hydrogen-bond donors (Lipinski definition) is 1. The molecule has 1 atom stereocenters. The number of fused-ring (bicyclic) bond motifs is 1. The zero-order valence-corrected chi connectivity index (χ0v) is 10.7. The second kappa shape index (κ2) is 5.04. The van der Waals surface area contributed by atoms with Crippen LogP contribution < -0.4 is 5.32 Å². The molecule has 18 heavy (non-hydrogen) atoms. The van der Waals surface area contributed by atoms with Gasteiger partial charge in [0.1, 0.15) is 5.82 Å². The van der Waals surface area contributed by atoms with Gasteiger partial charge in [0, 0.05) is 13.5 Å². The molecule has 2 rings (SSSR count). The lowest BCUT2D eigenvalue weighted by Gasteiger charge is -2.14. The molecule has 0 saturated heterocycles. The van der Waals surface area contributed by atoms with Crippen LogP contribution in [-0.4, -0.2) is 15.5 Å². The Balaban J connectivity index is 2.51. The highest BCUT2D eigenvalue weighted by Gasteiger charge is 2.16. The Morgan fingerprint density at radius 3 is 2.94 bits per heavy atom. The minimum Gasteiger partial charge on any atom is -0.347 e. The van der Waals surface area contributed by atoms with Crippen molar-refractivity contribution in [1.82, 2.24) is 14.9 Å². The lowest BCUT2D eigenvalue weighted by Crippen LogP contribution is -2.26. The minimum absolute atomic E-state index is 0.0558. The molecule has 0 spiro atoms. The van der Waals surface area contributed by atoms with Gasteiger partial charge in [0.05, 0.1) is 17.1 Å². The van der Waals surface area contributed by atoms with Crippen molar-refractivity contribution >= 4 is 16.9 Å². The largest absolute Gasteiger partial charge is 0.347 e. The number of allylic oxidation sites excluding steroid dienone is 1. The van der Waals surface area contributed by atoms with Crippen molar-refractivity contribution in [2.24, 2.45) is 0 Å². The quantitative estimate of drug-likeness (QED) is 0.838. The van der Waals surface area contributed by atoms with Gasteiger partial charge in [-0.15, -0.1) is 6.58 Å². The summed E-state index contributed by atoms with van der Waals surface area (Å²) in [4.78, 5) is 15.7. The number of carbonyl (C=O) groups is 1. The number of aromatic nitrogens is 2. The van der Waals surface area contributed by atoms with Crippen molar-refractivity contribution < 1.29 is 4.79 Å². The summed E-state index contributed by atoms with van der Waals surface area (Å²) in [6.45, 7) is 7.89. The number of para-hydroxylation sites is 2. The fourth-order valence-corrected chi connectivity index (χ4v) is 2.12. The highest BCUT2D eigenvalue weighted by Crippen LogP contribution is 2.20. The van der Waals surface area contributed by atoms with Gasteiger partial charge in [-0.3, -0.25) is 4.79 Å². The van der Waals surface area contributed by atoms with Gasteiger partial charge in [-0.05, 0) is 19.1 Å². The molecule has 1 N–H and O–H groups in total. The van der Waals surface area contributed by atoms with Gasteiger partial charge in [-0.25, -0.2) is 4.98 Å². The third kappa shape index (κ3) is 2.27. The van der Waals surface area contributed by atoms with Crippen LogP contribution in [0, 0.1) is 0 Å².